The molecule has 0 aliphatic carbocycles. The average molecular weight is 381 g/mol. The van der Waals surface area contributed by atoms with Crippen LogP contribution in [0.15, 0.2) is 23.9 Å². The van der Waals surface area contributed by atoms with Gasteiger partial charge in [-0.05, 0) is 0 Å². The zero-order valence-corrected chi connectivity index (χ0v) is 15.2. The van der Waals surface area contributed by atoms with Crippen LogP contribution in [0.2, 0.25) is 0 Å². The summed E-state index contributed by atoms with van der Waals surface area (Å²) < 4.78 is 0.761. The van der Waals surface area contributed by atoms with Crippen LogP contribution in [0, 0.1) is 0 Å². The third-order valence-corrected chi connectivity index (χ3v) is 4.95. The molecule has 5 nitrogen and oxygen atoms in total. The van der Waals surface area contributed by atoms with Gasteiger partial charge in [0, 0.05) is 0 Å². The third kappa shape index (κ3) is 3.77. The number of phenolic OH excluding ortho intramolecular Hbond substituents is 2. The van der Waals surface area contributed by atoms with Crippen molar-refractivity contribution in [3.8, 4) is 11.5 Å². The molecule has 1 aliphatic rings. The number of nitrogens with zero attached hydrogens (tertiary/aromatic N) is 2. The van der Waals surface area contributed by atoms with Crippen molar-refractivity contribution in [2.24, 2.45) is 0 Å². The minimum absolute atomic E-state index is 0.0968. The van der Waals surface area contributed by atoms with E-state index in [9.17, 15) is 15.0 Å². The predicted octanol–water partition coefficient (Wildman–Crippen LogP) is 2.05. The molecule has 0 spiro atoms. The Morgan fingerprint density at radius 3 is 2.65 bits per heavy atom. The summed E-state index contributed by atoms with van der Waals surface area (Å²) in [6.45, 7) is 2.83. The fourth-order valence-corrected chi connectivity index (χ4v) is 3.09. The Hall–Kier alpha value is -1.78. The summed E-state index contributed by atoms with van der Waals surface area (Å²) in [5.41, 5.74) is 0.885. The standard InChI is InChI=1S/C17H22N2O3Se/c1-3-4-5-6-10-19-16(22)13(18(2)17(19)23)11-12-8-7-9-14(20)15(12)21/h7-9,11,20-21H,3-6,10H2,1-2H3. The fraction of sp³-hybridized carbons (Fsp3) is 0.412. The topological polar surface area (TPSA) is 64.0 Å². The molecular formula is C17H22N2O3Se. The molecule has 2 N–H and O–H groups in total. The molecule has 1 aromatic carbocycles. The second-order valence-electron chi connectivity index (χ2n) is 5.60. The molecule has 0 saturated carbocycles. The van der Waals surface area contributed by atoms with Gasteiger partial charge in [0.05, 0.1) is 0 Å². The Morgan fingerprint density at radius 2 is 1.96 bits per heavy atom. The number of para-hydroxylation sites is 1. The number of likely N-dealkylation sites (N-methyl/N-ethyl adjacent to an activating group) is 1. The van der Waals surface area contributed by atoms with Gasteiger partial charge in [0.1, 0.15) is 0 Å². The second-order valence-corrected chi connectivity index (χ2v) is 6.37. The van der Waals surface area contributed by atoms with Crippen LogP contribution in [0.3, 0.4) is 0 Å². The van der Waals surface area contributed by atoms with Crippen molar-refractivity contribution < 1.29 is 15.0 Å². The first-order chi connectivity index (χ1) is 11.0. The van der Waals surface area contributed by atoms with Crippen molar-refractivity contribution >= 4 is 32.2 Å². The fourth-order valence-electron chi connectivity index (χ4n) is 2.52. The molecule has 1 aromatic rings. The summed E-state index contributed by atoms with van der Waals surface area (Å²) >= 11 is 2.95. The molecule has 2 rings (SSSR count). The van der Waals surface area contributed by atoms with Gasteiger partial charge in [-0.15, -0.1) is 0 Å². The van der Waals surface area contributed by atoms with Gasteiger partial charge >= 0.3 is 144 Å². The Balaban J connectivity index is 2.20. The normalized spacial score (nSPS) is 16.7. The summed E-state index contributed by atoms with van der Waals surface area (Å²) in [6, 6.07) is 4.70. The number of aromatic hydroxyl groups is 2. The van der Waals surface area contributed by atoms with Gasteiger partial charge in [-0.25, -0.2) is 0 Å². The molecule has 0 bridgehead atoms. The van der Waals surface area contributed by atoms with Crippen molar-refractivity contribution in [1.29, 1.82) is 0 Å². The van der Waals surface area contributed by atoms with E-state index in [2.05, 4.69) is 22.5 Å². The van der Waals surface area contributed by atoms with E-state index in [1.54, 1.807) is 35.1 Å². The van der Waals surface area contributed by atoms with Crippen LogP contribution in [-0.4, -0.2) is 59.8 Å². The monoisotopic (exact) mass is 382 g/mol. The zero-order valence-electron chi connectivity index (χ0n) is 13.5. The quantitative estimate of drug-likeness (QED) is 0.343. The van der Waals surface area contributed by atoms with Crippen molar-refractivity contribution in [1.82, 2.24) is 9.80 Å². The third-order valence-electron chi connectivity index (χ3n) is 3.92. The van der Waals surface area contributed by atoms with Crippen LogP contribution in [0.1, 0.15) is 38.2 Å². The van der Waals surface area contributed by atoms with Crippen LogP contribution in [-0.2, 0) is 4.79 Å². The average Bonchev–Trinajstić information content (AvgIpc) is 2.73. The number of unbranched alkanes of at least 4 members (excludes halogenated alkanes) is 3. The molecule has 0 unspecified atom stereocenters. The number of carbonyl (C=O) groups is 1. The number of rotatable bonds is 6. The molecule has 0 atom stereocenters. The Labute approximate surface area is 144 Å². The first-order valence-electron chi connectivity index (χ1n) is 7.79. The maximum absolute atomic E-state index is 12.6. The molecule has 1 heterocycles. The van der Waals surface area contributed by atoms with E-state index in [4.69, 9.17) is 0 Å². The Morgan fingerprint density at radius 1 is 1.22 bits per heavy atom. The molecular weight excluding hydrogens is 359 g/mol. The van der Waals surface area contributed by atoms with Gasteiger partial charge < -0.3 is 0 Å². The van der Waals surface area contributed by atoms with Gasteiger partial charge in [0.25, 0.3) is 0 Å². The molecule has 0 radical (unpaired) electrons. The van der Waals surface area contributed by atoms with Crippen molar-refractivity contribution in [3.05, 3.63) is 29.5 Å². The second kappa shape index (κ2) is 7.66. The van der Waals surface area contributed by atoms with Crippen LogP contribution in [0.25, 0.3) is 6.08 Å². The Kier molecular flexibility index (Phi) is 5.85. The van der Waals surface area contributed by atoms with Gasteiger partial charge in [-0.2, -0.15) is 0 Å². The van der Waals surface area contributed by atoms with Crippen molar-refractivity contribution in [2.75, 3.05) is 13.6 Å². The molecule has 1 fully saturated rings. The minimum atomic E-state index is -0.218. The molecule has 1 saturated heterocycles. The van der Waals surface area contributed by atoms with Crippen molar-refractivity contribution in [3.63, 3.8) is 0 Å². The van der Waals surface area contributed by atoms with E-state index in [1.807, 2.05) is 0 Å². The van der Waals surface area contributed by atoms with Crippen molar-refractivity contribution in [2.45, 2.75) is 32.6 Å². The van der Waals surface area contributed by atoms with E-state index in [-0.39, 0.29) is 17.4 Å². The maximum atomic E-state index is 12.6. The van der Waals surface area contributed by atoms with Gasteiger partial charge in [0.15, 0.2) is 0 Å². The summed E-state index contributed by atoms with van der Waals surface area (Å²) in [4.78, 5) is 16.1. The van der Waals surface area contributed by atoms with E-state index < -0.39 is 0 Å². The number of hydrogen-bond donors (Lipinski definition) is 2. The van der Waals surface area contributed by atoms with E-state index in [0.717, 1.165) is 23.9 Å². The molecule has 23 heavy (non-hydrogen) atoms. The molecule has 1 aliphatic heterocycles. The molecule has 6 heteroatoms. The zero-order chi connectivity index (χ0) is 17.0. The van der Waals surface area contributed by atoms with Gasteiger partial charge in [0.2, 0.25) is 0 Å². The molecule has 124 valence electrons. The predicted molar refractivity (Wildman–Crippen MR) is 92.1 cm³/mol. The van der Waals surface area contributed by atoms with E-state index in [1.165, 1.54) is 12.5 Å². The van der Waals surface area contributed by atoms with Crippen LogP contribution in [0.5, 0.6) is 11.5 Å². The number of benzene rings is 1. The first-order valence-corrected chi connectivity index (χ1v) is 8.65. The number of phenols is 2. The van der Waals surface area contributed by atoms with E-state index >= 15 is 0 Å². The van der Waals surface area contributed by atoms with Crippen LogP contribution >= 0.6 is 0 Å². The summed E-state index contributed by atoms with van der Waals surface area (Å²) in [6.07, 6.45) is 5.98. The molecule has 0 aromatic heterocycles. The SMILES string of the molecule is CCCCCCN1C(=O)C(=Cc2cccc(O)c2O)N(C)C1=[Se]. The number of hydrogen-bond acceptors (Lipinski definition) is 4. The molecule has 1 amide bonds. The Bertz CT molecular complexity index is 643. The van der Waals surface area contributed by atoms with Gasteiger partial charge in [-0.1, -0.05) is 0 Å². The van der Waals surface area contributed by atoms with Crippen LogP contribution in [0.4, 0.5) is 0 Å². The summed E-state index contributed by atoms with van der Waals surface area (Å²) in [5, 5.41) is 19.5. The van der Waals surface area contributed by atoms with E-state index in [0.29, 0.717) is 17.8 Å². The van der Waals surface area contributed by atoms with Gasteiger partial charge in [-0.3, -0.25) is 0 Å². The summed E-state index contributed by atoms with van der Waals surface area (Å²) in [5.74, 6) is -0.513. The first kappa shape index (κ1) is 17.6. The number of carbonyl (C=O) groups excluding carboxylic acids is 1. The van der Waals surface area contributed by atoms with Crippen LogP contribution < -0.4 is 0 Å². The summed E-state index contributed by atoms with van der Waals surface area (Å²) in [7, 11) is 1.81. The number of amides is 1.